The second-order valence-corrected chi connectivity index (χ2v) is 9.96. The molecular formula is C25H20BrN3O2S. The molecule has 32 heavy (non-hydrogen) atoms. The van der Waals surface area contributed by atoms with Crippen LogP contribution in [0.1, 0.15) is 17.0 Å². The number of thiazole rings is 1. The maximum Gasteiger partial charge on any atom is 0.234 e. The molecule has 2 aliphatic heterocycles. The van der Waals surface area contributed by atoms with E-state index in [1.54, 1.807) is 11.3 Å². The molecule has 0 unspecified atom stereocenters. The largest absolute Gasteiger partial charge is 0.457 e. The van der Waals surface area contributed by atoms with E-state index in [0.29, 0.717) is 13.1 Å². The minimum Gasteiger partial charge on any atom is -0.457 e. The van der Waals surface area contributed by atoms with Gasteiger partial charge < -0.3 is 14.5 Å². The van der Waals surface area contributed by atoms with E-state index in [1.807, 2.05) is 65.6 Å². The zero-order valence-electron chi connectivity index (χ0n) is 17.2. The van der Waals surface area contributed by atoms with Gasteiger partial charge >= 0.3 is 0 Å². The van der Waals surface area contributed by atoms with Crippen molar-refractivity contribution in [3.63, 3.8) is 0 Å². The van der Waals surface area contributed by atoms with Gasteiger partial charge in [-0.1, -0.05) is 63.7 Å². The normalized spacial score (nSPS) is 15.9. The molecule has 0 saturated carbocycles. The summed E-state index contributed by atoms with van der Waals surface area (Å²) in [7, 11) is 0. The first kappa shape index (κ1) is 19.8. The van der Waals surface area contributed by atoms with Crippen LogP contribution in [0, 0.1) is 0 Å². The highest BCUT2D eigenvalue weighted by atomic mass is 79.9. The fraction of sp³-hybridized carbons (Fsp3) is 0.200. The van der Waals surface area contributed by atoms with Crippen LogP contribution in [0.4, 0.5) is 5.13 Å². The summed E-state index contributed by atoms with van der Waals surface area (Å²) in [4.78, 5) is 22.8. The quantitative estimate of drug-likeness (QED) is 0.353. The molecule has 1 aromatic heterocycles. The van der Waals surface area contributed by atoms with Crippen LogP contribution >= 0.6 is 27.3 Å². The number of hydrogen-bond acceptors (Lipinski definition) is 5. The van der Waals surface area contributed by atoms with Crippen LogP contribution < -0.4 is 9.64 Å². The number of piperazine rings is 1. The number of nitrogens with zero attached hydrogens (tertiary/aromatic N) is 3. The summed E-state index contributed by atoms with van der Waals surface area (Å²) in [5.41, 5.74) is 2.90. The van der Waals surface area contributed by atoms with E-state index < -0.39 is 0 Å². The lowest BCUT2D eigenvalue weighted by atomic mass is 9.86. The first-order chi connectivity index (χ1) is 15.7. The van der Waals surface area contributed by atoms with E-state index in [0.717, 1.165) is 50.8 Å². The average molecular weight is 506 g/mol. The number of carbonyl (C=O) groups is 1. The summed E-state index contributed by atoms with van der Waals surface area (Å²) in [5, 5.41) is 1.02. The fourth-order valence-corrected chi connectivity index (χ4v) is 6.07. The number of hydrogen-bond donors (Lipinski definition) is 0. The van der Waals surface area contributed by atoms with E-state index in [1.165, 1.54) is 4.70 Å². The molecule has 0 spiro atoms. The Kier molecular flexibility index (Phi) is 4.88. The molecule has 3 heterocycles. The van der Waals surface area contributed by atoms with Gasteiger partial charge in [0, 0.05) is 41.8 Å². The molecule has 1 saturated heterocycles. The minimum atomic E-state index is -0.331. The molecular weight excluding hydrogens is 486 g/mol. The fourth-order valence-electron chi connectivity index (χ4n) is 4.50. The Hall–Kier alpha value is -2.90. The number of ether oxygens (including phenoxy) is 1. The number of fused-ring (bicyclic) bond motifs is 3. The monoisotopic (exact) mass is 505 g/mol. The van der Waals surface area contributed by atoms with Gasteiger partial charge in [0.05, 0.1) is 16.1 Å². The van der Waals surface area contributed by atoms with Crippen LogP contribution in [0.15, 0.2) is 71.2 Å². The molecule has 1 amide bonds. The molecule has 7 heteroatoms. The predicted molar refractivity (Wildman–Crippen MR) is 131 cm³/mol. The number of amides is 1. The Labute approximate surface area is 198 Å². The third-order valence-electron chi connectivity index (χ3n) is 6.13. The van der Waals surface area contributed by atoms with Crippen molar-refractivity contribution in [3.05, 3.63) is 82.3 Å². The van der Waals surface area contributed by atoms with E-state index in [2.05, 4.69) is 26.9 Å². The third kappa shape index (κ3) is 3.36. The Morgan fingerprint density at radius 2 is 1.59 bits per heavy atom. The van der Waals surface area contributed by atoms with Gasteiger partial charge in [0.2, 0.25) is 5.91 Å². The van der Waals surface area contributed by atoms with E-state index in [-0.39, 0.29) is 11.8 Å². The lowest BCUT2D eigenvalue weighted by Gasteiger charge is -2.37. The highest BCUT2D eigenvalue weighted by Gasteiger charge is 2.36. The number of rotatable bonds is 2. The summed E-state index contributed by atoms with van der Waals surface area (Å²) in [6.45, 7) is 2.92. The summed E-state index contributed by atoms with van der Waals surface area (Å²) < 4.78 is 8.30. The van der Waals surface area contributed by atoms with Crippen molar-refractivity contribution >= 4 is 48.5 Å². The molecule has 3 aromatic carbocycles. The standard InChI is InChI=1S/C25H20BrN3O2S/c26-16-9-10-19-22(15-16)32-25(27-19)29-13-11-28(12-14-29)24(30)23-17-5-1-3-7-20(17)31-21-8-4-2-6-18(21)23/h1-10,15,23H,11-14H2. The average Bonchev–Trinajstić information content (AvgIpc) is 3.25. The van der Waals surface area contributed by atoms with Crippen molar-refractivity contribution in [3.8, 4) is 11.5 Å². The van der Waals surface area contributed by atoms with Crippen molar-refractivity contribution in [1.82, 2.24) is 9.88 Å². The van der Waals surface area contributed by atoms with Gasteiger partial charge in [0.1, 0.15) is 11.5 Å². The number of benzene rings is 3. The predicted octanol–water partition coefficient (Wildman–Crippen LogP) is 5.65. The highest BCUT2D eigenvalue weighted by molar-refractivity contribution is 9.10. The van der Waals surface area contributed by atoms with Gasteiger partial charge in [-0.15, -0.1) is 0 Å². The SMILES string of the molecule is O=C(C1c2ccccc2Oc2ccccc21)N1CCN(c2nc3ccc(Br)cc3s2)CC1. The van der Waals surface area contributed by atoms with Crippen LogP contribution in [0.2, 0.25) is 0 Å². The third-order valence-corrected chi connectivity index (χ3v) is 7.70. The molecule has 0 bridgehead atoms. The number of para-hydroxylation sites is 2. The van der Waals surface area contributed by atoms with Gasteiger partial charge in [-0.05, 0) is 30.3 Å². The topological polar surface area (TPSA) is 45.7 Å². The zero-order chi connectivity index (χ0) is 21.7. The maximum absolute atomic E-state index is 13.7. The van der Waals surface area contributed by atoms with Gasteiger partial charge in [0.25, 0.3) is 0 Å². The molecule has 0 atom stereocenters. The van der Waals surface area contributed by atoms with Crippen LogP contribution in [0.25, 0.3) is 10.2 Å². The molecule has 160 valence electrons. The minimum absolute atomic E-state index is 0.140. The van der Waals surface area contributed by atoms with Gasteiger partial charge in [-0.3, -0.25) is 4.79 Å². The number of aromatic nitrogens is 1. The Morgan fingerprint density at radius 1 is 0.938 bits per heavy atom. The second-order valence-electron chi connectivity index (χ2n) is 8.03. The smallest absolute Gasteiger partial charge is 0.234 e. The molecule has 0 aliphatic carbocycles. The highest BCUT2D eigenvalue weighted by Crippen LogP contribution is 2.44. The van der Waals surface area contributed by atoms with Gasteiger partial charge in [-0.25, -0.2) is 4.98 Å². The first-order valence-corrected chi connectivity index (χ1v) is 12.2. The molecule has 4 aromatic rings. The van der Waals surface area contributed by atoms with E-state index >= 15 is 0 Å². The molecule has 0 radical (unpaired) electrons. The van der Waals surface area contributed by atoms with Crippen molar-refractivity contribution in [2.24, 2.45) is 0 Å². The van der Waals surface area contributed by atoms with Crippen molar-refractivity contribution < 1.29 is 9.53 Å². The zero-order valence-corrected chi connectivity index (χ0v) is 19.6. The first-order valence-electron chi connectivity index (χ1n) is 10.6. The Morgan fingerprint density at radius 3 is 2.28 bits per heavy atom. The second kappa shape index (κ2) is 7.90. The molecule has 1 fully saturated rings. The summed E-state index contributed by atoms with van der Waals surface area (Å²) in [6, 6.07) is 21.9. The van der Waals surface area contributed by atoms with Crippen molar-refractivity contribution in [1.29, 1.82) is 0 Å². The van der Waals surface area contributed by atoms with Crippen molar-refractivity contribution in [2.75, 3.05) is 31.1 Å². The van der Waals surface area contributed by atoms with Gasteiger partial charge in [0.15, 0.2) is 5.13 Å². The van der Waals surface area contributed by atoms with E-state index in [4.69, 9.17) is 9.72 Å². The van der Waals surface area contributed by atoms with E-state index in [9.17, 15) is 4.79 Å². The van der Waals surface area contributed by atoms with Gasteiger partial charge in [-0.2, -0.15) is 0 Å². The molecule has 0 N–H and O–H groups in total. The van der Waals surface area contributed by atoms with Crippen LogP contribution in [-0.2, 0) is 4.79 Å². The number of anilines is 1. The molecule has 5 nitrogen and oxygen atoms in total. The molecule has 6 rings (SSSR count). The summed E-state index contributed by atoms with van der Waals surface area (Å²) in [6.07, 6.45) is 0. The van der Waals surface area contributed by atoms with Crippen LogP contribution in [0.3, 0.4) is 0 Å². The Balaban J connectivity index is 1.24. The summed E-state index contributed by atoms with van der Waals surface area (Å²) >= 11 is 5.24. The lowest BCUT2D eigenvalue weighted by Crippen LogP contribution is -2.50. The number of halogens is 1. The Bertz CT molecular complexity index is 1280. The maximum atomic E-state index is 13.7. The van der Waals surface area contributed by atoms with Crippen molar-refractivity contribution in [2.45, 2.75) is 5.92 Å². The lowest BCUT2D eigenvalue weighted by molar-refractivity contribution is -0.132. The summed E-state index contributed by atoms with van der Waals surface area (Å²) in [5.74, 6) is 1.34. The number of carbonyl (C=O) groups excluding carboxylic acids is 1. The van der Waals surface area contributed by atoms with Crippen LogP contribution in [0.5, 0.6) is 11.5 Å². The van der Waals surface area contributed by atoms with Crippen LogP contribution in [-0.4, -0.2) is 42.0 Å². The molecule has 2 aliphatic rings.